The van der Waals surface area contributed by atoms with Crippen LogP contribution in [0.1, 0.15) is 15.9 Å². The van der Waals surface area contributed by atoms with Gasteiger partial charge in [-0.15, -0.1) is 0 Å². The summed E-state index contributed by atoms with van der Waals surface area (Å²) in [7, 11) is 3.11. The number of pyridine rings is 1. The molecule has 3 aromatic rings. The fourth-order valence-electron chi connectivity index (χ4n) is 2.62. The first kappa shape index (κ1) is 15.8. The Morgan fingerprint density at radius 2 is 1.75 bits per heavy atom. The number of rotatable bonds is 4. The fraction of sp³-hybridized carbons (Fsp3) is 0.158. The van der Waals surface area contributed by atoms with Crippen molar-refractivity contribution in [2.45, 2.75) is 6.92 Å². The summed E-state index contributed by atoms with van der Waals surface area (Å²) in [5, 5.41) is 3.90. The van der Waals surface area contributed by atoms with E-state index >= 15 is 0 Å². The molecule has 2 aromatic carbocycles. The molecule has 24 heavy (non-hydrogen) atoms. The maximum atomic E-state index is 12.7. The normalized spacial score (nSPS) is 10.5. The molecular formula is C19H18N2O3. The number of anilines is 1. The molecule has 1 N–H and O–H groups in total. The molecule has 0 radical (unpaired) electrons. The van der Waals surface area contributed by atoms with Crippen LogP contribution in [0.5, 0.6) is 11.5 Å². The highest BCUT2D eigenvalue weighted by molar-refractivity contribution is 6.09. The van der Waals surface area contributed by atoms with Crippen LogP contribution in [-0.2, 0) is 0 Å². The number of para-hydroxylation sites is 1. The Labute approximate surface area is 140 Å². The second-order valence-corrected chi connectivity index (χ2v) is 5.36. The quantitative estimate of drug-likeness (QED) is 0.793. The third kappa shape index (κ3) is 2.88. The average molecular weight is 322 g/mol. The van der Waals surface area contributed by atoms with Crippen molar-refractivity contribution < 1.29 is 14.3 Å². The minimum absolute atomic E-state index is 0.216. The molecule has 5 heteroatoms. The number of carbonyl (C=O) groups excluding carboxylic acids is 1. The van der Waals surface area contributed by atoms with E-state index in [9.17, 15) is 4.79 Å². The van der Waals surface area contributed by atoms with Crippen LogP contribution >= 0.6 is 0 Å². The smallest absolute Gasteiger partial charge is 0.256 e. The van der Waals surface area contributed by atoms with Gasteiger partial charge in [0, 0.05) is 17.1 Å². The van der Waals surface area contributed by atoms with Crippen LogP contribution in [0.25, 0.3) is 10.9 Å². The molecule has 0 aliphatic heterocycles. The summed E-state index contributed by atoms with van der Waals surface area (Å²) in [6.07, 6.45) is 1.71. The summed E-state index contributed by atoms with van der Waals surface area (Å²) in [5.74, 6) is 0.897. The second kappa shape index (κ2) is 6.58. The van der Waals surface area contributed by atoms with E-state index < -0.39 is 0 Å². The standard InChI is InChI=1S/C19H18N2O3/c1-12-10-16(23-2)17(24-3)11-14(12)19(22)21-15-8-4-6-13-7-5-9-20-18(13)15/h4-11H,1-3H3,(H,21,22). The SMILES string of the molecule is COc1cc(C)c(C(=O)Nc2cccc3cccnc23)cc1OC. The lowest BCUT2D eigenvalue weighted by Gasteiger charge is -2.13. The molecule has 1 heterocycles. The molecule has 1 aromatic heterocycles. The Bertz CT molecular complexity index is 901. The summed E-state index contributed by atoms with van der Waals surface area (Å²) < 4.78 is 10.5. The Balaban J connectivity index is 1.98. The highest BCUT2D eigenvalue weighted by Crippen LogP contribution is 2.31. The maximum Gasteiger partial charge on any atom is 0.256 e. The van der Waals surface area contributed by atoms with Crippen LogP contribution in [-0.4, -0.2) is 25.1 Å². The van der Waals surface area contributed by atoms with Crippen molar-refractivity contribution in [1.29, 1.82) is 0 Å². The first-order valence-electron chi connectivity index (χ1n) is 7.51. The fourth-order valence-corrected chi connectivity index (χ4v) is 2.62. The van der Waals surface area contributed by atoms with Crippen LogP contribution in [0.4, 0.5) is 5.69 Å². The number of fused-ring (bicyclic) bond motifs is 1. The van der Waals surface area contributed by atoms with Gasteiger partial charge in [0.25, 0.3) is 5.91 Å². The zero-order valence-corrected chi connectivity index (χ0v) is 13.8. The van der Waals surface area contributed by atoms with Crippen molar-refractivity contribution in [2.75, 3.05) is 19.5 Å². The molecular weight excluding hydrogens is 304 g/mol. The summed E-state index contributed by atoms with van der Waals surface area (Å²) in [6.45, 7) is 1.86. The van der Waals surface area contributed by atoms with E-state index in [0.29, 0.717) is 22.7 Å². The molecule has 0 aliphatic carbocycles. The van der Waals surface area contributed by atoms with Gasteiger partial charge in [0.05, 0.1) is 25.4 Å². The molecule has 0 atom stereocenters. The van der Waals surface area contributed by atoms with Gasteiger partial charge < -0.3 is 14.8 Å². The molecule has 0 unspecified atom stereocenters. The van der Waals surface area contributed by atoms with Crippen molar-refractivity contribution in [2.24, 2.45) is 0 Å². The Kier molecular flexibility index (Phi) is 4.33. The molecule has 5 nitrogen and oxygen atoms in total. The van der Waals surface area contributed by atoms with Crippen molar-refractivity contribution >= 4 is 22.5 Å². The topological polar surface area (TPSA) is 60.5 Å². The van der Waals surface area contributed by atoms with E-state index in [-0.39, 0.29) is 5.91 Å². The molecule has 3 rings (SSSR count). The van der Waals surface area contributed by atoms with Gasteiger partial charge in [-0.3, -0.25) is 9.78 Å². The summed E-state index contributed by atoms with van der Waals surface area (Å²) in [5.41, 5.74) is 2.76. The van der Waals surface area contributed by atoms with Crippen molar-refractivity contribution in [1.82, 2.24) is 4.98 Å². The van der Waals surface area contributed by atoms with Gasteiger partial charge in [-0.2, -0.15) is 0 Å². The maximum absolute atomic E-state index is 12.7. The van der Waals surface area contributed by atoms with Crippen molar-refractivity contribution in [3.8, 4) is 11.5 Å². The van der Waals surface area contributed by atoms with E-state index in [0.717, 1.165) is 16.5 Å². The van der Waals surface area contributed by atoms with Gasteiger partial charge >= 0.3 is 0 Å². The lowest BCUT2D eigenvalue weighted by molar-refractivity contribution is 0.102. The molecule has 0 aliphatic rings. The van der Waals surface area contributed by atoms with Crippen LogP contribution in [0.15, 0.2) is 48.7 Å². The second-order valence-electron chi connectivity index (χ2n) is 5.36. The number of amides is 1. The summed E-state index contributed by atoms with van der Waals surface area (Å²) in [4.78, 5) is 17.1. The minimum atomic E-state index is -0.216. The lowest BCUT2D eigenvalue weighted by atomic mass is 10.1. The van der Waals surface area contributed by atoms with Crippen LogP contribution < -0.4 is 14.8 Å². The van der Waals surface area contributed by atoms with Gasteiger partial charge in [0.15, 0.2) is 11.5 Å². The van der Waals surface area contributed by atoms with Crippen LogP contribution in [0, 0.1) is 6.92 Å². The number of benzene rings is 2. The Morgan fingerprint density at radius 1 is 1.04 bits per heavy atom. The predicted octanol–water partition coefficient (Wildman–Crippen LogP) is 3.81. The largest absolute Gasteiger partial charge is 0.493 e. The molecule has 122 valence electrons. The molecule has 0 bridgehead atoms. The van der Waals surface area contributed by atoms with E-state index in [1.807, 2.05) is 37.3 Å². The van der Waals surface area contributed by atoms with Gasteiger partial charge in [0.1, 0.15) is 0 Å². The molecule has 0 fully saturated rings. The Hall–Kier alpha value is -3.08. The number of ether oxygens (including phenoxy) is 2. The van der Waals surface area contributed by atoms with Crippen LogP contribution in [0.3, 0.4) is 0 Å². The first-order chi connectivity index (χ1) is 11.6. The number of nitrogens with zero attached hydrogens (tertiary/aromatic N) is 1. The van der Waals surface area contributed by atoms with E-state index in [1.54, 1.807) is 32.5 Å². The summed E-state index contributed by atoms with van der Waals surface area (Å²) in [6, 6.07) is 13.0. The highest BCUT2D eigenvalue weighted by atomic mass is 16.5. The number of aryl methyl sites for hydroxylation is 1. The minimum Gasteiger partial charge on any atom is -0.493 e. The number of hydrogen-bond acceptors (Lipinski definition) is 4. The third-order valence-corrected chi connectivity index (χ3v) is 3.86. The van der Waals surface area contributed by atoms with Gasteiger partial charge in [-0.25, -0.2) is 0 Å². The molecule has 0 spiro atoms. The van der Waals surface area contributed by atoms with Gasteiger partial charge in [-0.1, -0.05) is 18.2 Å². The van der Waals surface area contributed by atoms with Gasteiger partial charge in [0.2, 0.25) is 0 Å². The van der Waals surface area contributed by atoms with E-state index in [4.69, 9.17) is 9.47 Å². The van der Waals surface area contributed by atoms with E-state index in [2.05, 4.69) is 10.3 Å². The number of nitrogens with one attached hydrogen (secondary N) is 1. The lowest BCUT2D eigenvalue weighted by Crippen LogP contribution is -2.14. The Morgan fingerprint density at radius 3 is 2.50 bits per heavy atom. The molecule has 0 saturated carbocycles. The van der Waals surface area contributed by atoms with Gasteiger partial charge in [-0.05, 0) is 36.8 Å². The third-order valence-electron chi connectivity index (χ3n) is 3.86. The molecule has 1 amide bonds. The number of methoxy groups -OCH3 is 2. The highest BCUT2D eigenvalue weighted by Gasteiger charge is 2.15. The number of carbonyl (C=O) groups is 1. The molecule has 0 saturated heterocycles. The van der Waals surface area contributed by atoms with E-state index in [1.165, 1.54) is 0 Å². The first-order valence-corrected chi connectivity index (χ1v) is 7.51. The van der Waals surface area contributed by atoms with Crippen LogP contribution in [0.2, 0.25) is 0 Å². The van der Waals surface area contributed by atoms with Crippen molar-refractivity contribution in [3.63, 3.8) is 0 Å². The van der Waals surface area contributed by atoms with Crippen molar-refractivity contribution in [3.05, 3.63) is 59.8 Å². The zero-order valence-electron chi connectivity index (χ0n) is 13.8. The number of aromatic nitrogens is 1. The summed E-state index contributed by atoms with van der Waals surface area (Å²) >= 11 is 0. The number of hydrogen-bond donors (Lipinski definition) is 1. The monoisotopic (exact) mass is 322 g/mol. The predicted molar refractivity (Wildman–Crippen MR) is 94.0 cm³/mol. The average Bonchev–Trinajstić information content (AvgIpc) is 2.61. The zero-order chi connectivity index (χ0) is 17.1.